The standard InChI is InChI=1S/C12H11N3O2S/c1-7-11(15-8(2)18-7)9(16)6-10(17)12-13-4-3-5-14-12/h3-5H,6H2,1-2H3. The molecule has 5 nitrogen and oxygen atoms in total. The predicted octanol–water partition coefficient (Wildman–Crippen LogP) is 2.01. The minimum Gasteiger partial charge on any atom is -0.292 e. The molecule has 0 radical (unpaired) electrons. The molecule has 0 bridgehead atoms. The summed E-state index contributed by atoms with van der Waals surface area (Å²) in [5.74, 6) is -0.601. The number of nitrogens with zero attached hydrogens (tertiary/aromatic N) is 3. The van der Waals surface area contributed by atoms with Crippen molar-refractivity contribution in [3.8, 4) is 0 Å². The second-order valence-corrected chi connectivity index (χ2v) is 5.14. The number of thiazole rings is 1. The molecular weight excluding hydrogens is 250 g/mol. The van der Waals surface area contributed by atoms with Crippen molar-refractivity contribution in [2.45, 2.75) is 20.3 Å². The van der Waals surface area contributed by atoms with Gasteiger partial charge in [-0.05, 0) is 19.9 Å². The van der Waals surface area contributed by atoms with Crippen LogP contribution < -0.4 is 0 Å². The third-order valence-corrected chi connectivity index (χ3v) is 3.19. The number of aromatic nitrogens is 3. The summed E-state index contributed by atoms with van der Waals surface area (Å²) in [5, 5.41) is 0.819. The van der Waals surface area contributed by atoms with E-state index in [1.54, 1.807) is 6.07 Å². The van der Waals surface area contributed by atoms with E-state index in [2.05, 4.69) is 15.0 Å². The number of aryl methyl sites for hydroxylation is 2. The van der Waals surface area contributed by atoms with Gasteiger partial charge in [0, 0.05) is 17.3 Å². The molecule has 0 spiro atoms. The molecule has 0 aromatic carbocycles. The fourth-order valence-corrected chi connectivity index (χ4v) is 2.38. The smallest absolute Gasteiger partial charge is 0.207 e. The molecule has 2 aromatic rings. The molecule has 2 rings (SSSR count). The number of Topliss-reactive ketones (excluding diaryl/α,β-unsaturated/α-hetero) is 2. The van der Waals surface area contributed by atoms with Crippen LogP contribution in [0.2, 0.25) is 0 Å². The van der Waals surface area contributed by atoms with Crippen LogP contribution in [0.25, 0.3) is 0 Å². The van der Waals surface area contributed by atoms with E-state index in [9.17, 15) is 9.59 Å². The van der Waals surface area contributed by atoms with Crippen LogP contribution in [0, 0.1) is 13.8 Å². The maximum Gasteiger partial charge on any atom is 0.207 e. The van der Waals surface area contributed by atoms with Crippen LogP contribution in [0.3, 0.4) is 0 Å². The third kappa shape index (κ3) is 2.65. The Morgan fingerprint density at radius 2 is 1.83 bits per heavy atom. The number of hydrogen-bond acceptors (Lipinski definition) is 6. The van der Waals surface area contributed by atoms with Gasteiger partial charge in [0.05, 0.1) is 11.4 Å². The average Bonchev–Trinajstić information content (AvgIpc) is 2.69. The first-order valence-corrected chi connectivity index (χ1v) is 6.17. The molecule has 0 aliphatic carbocycles. The quantitative estimate of drug-likeness (QED) is 0.621. The molecule has 0 aliphatic heterocycles. The summed E-state index contributed by atoms with van der Waals surface area (Å²) >= 11 is 1.45. The summed E-state index contributed by atoms with van der Waals surface area (Å²) in [6, 6.07) is 1.62. The molecular formula is C12H11N3O2S. The van der Waals surface area contributed by atoms with E-state index in [1.807, 2.05) is 13.8 Å². The maximum atomic E-state index is 11.9. The van der Waals surface area contributed by atoms with Gasteiger partial charge in [0.15, 0.2) is 11.6 Å². The van der Waals surface area contributed by atoms with Crippen LogP contribution in [-0.4, -0.2) is 26.5 Å². The summed E-state index contributed by atoms with van der Waals surface area (Å²) in [7, 11) is 0. The summed E-state index contributed by atoms with van der Waals surface area (Å²) < 4.78 is 0. The number of ketones is 2. The topological polar surface area (TPSA) is 72.8 Å². The van der Waals surface area contributed by atoms with Crippen LogP contribution >= 0.6 is 11.3 Å². The average molecular weight is 261 g/mol. The van der Waals surface area contributed by atoms with E-state index in [-0.39, 0.29) is 23.8 Å². The van der Waals surface area contributed by atoms with Gasteiger partial charge in [0.25, 0.3) is 0 Å². The first-order valence-electron chi connectivity index (χ1n) is 5.35. The highest BCUT2D eigenvalue weighted by Gasteiger charge is 2.19. The Morgan fingerprint density at radius 1 is 1.17 bits per heavy atom. The molecule has 0 amide bonds. The zero-order chi connectivity index (χ0) is 13.1. The van der Waals surface area contributed by atoms with Crippen LogP contribution in [-0.2, 0) is 0 Å². The summed E-state index contributed by atoms with van der Waals surface area (Å²) in [6.07, 6.45) is 2.71. The first-order chi connectivity index (χ1) is 8.58. The highest BCUT2D eigenvalue weighted by Crippen LogP contribution is 2.18. The molecule has 0 unspecified atom stereocenters. The summed E-state index contributed by atoms with van der Waals surface area (Å²) in [6.45, 7) is 3.65. The van der Waals surface area contributed by atoms with Crippen molar-refractivity contribution >= 4 is 22.9 Å². The largest absolute Gasteiger partial charge is 0.292 e. The highest BCUT2D eigenvalue weighted by molar-refractivity contribution is 7.11. The van der Waals surface area contributed by atoms with Gasteiger partial charge in [-0.1, -0.05) is 0 Å². The van der Waals surface area contributed by atoms with E-state index in [0.29, 0.717) is 5.69 Å². The fraction of sp³-hybridized carbons (Fsp3) is 0.250. The van der Waals surface area contributed by atoms with Gasteiger partial charge in [-0.3, -0.25) is 9.59 Å². The molecule has 0 fully saturated rings. The predicted molar refractivity (Wildman–Crippen MR) is 66.9 cm³/mol. The Hall–Kier alpha value is -1.95. The van der Waals surface area contributed by atoms with Gasteiger partial charge in [-0.2, -0.15) is 0 Å². The van der Waals surface area contributed by atoms with Gasteiger partial charge in [-0.25, -0.2) is 15.0 Å². The Morgan fingerprint density at radius 3 is 2.39 bits per heavy atom. The fourth-order valence-electron chi connectivity index (χ4n) is 1.54. The molecule has 0 aliphatic rings. The van der Waals surface area contributed by atoms with Crippen molar-refractivity contribution in [1.82, 2.24) is 15.0 Å². The lowest BCUT2D eigenvalue weighted by Crippen LogP contribution is -2.12. The second-order valence-electron chi connectivity index (χ2n) is 3.73. The molecule has 0 atom stereocenters. The Balaban J connectivity index is 2.13. The van der Waals surface area contributed by atoms with Crippen LogP contribution in [0.15, 0.2) is 18.5 Å². The lowest BCUT2D eigenvalue weighted by Gasteiger charge is -1.98. The Labute approximate surface area is 108 Å². The Kier molecular flexibility index (Phi) is 3.57. The molecule has 2 heterocycles. The Bertz CT molecular complexity index is 593. The van der Waals surface area contributed by atoms with Crippen molar-refractivity contribution < 1.29 is 9.59 Å². The molecule has 0 saturated heterocycles. The molecule has 0 saturated carbocycles. The van der Waals surface area contributed by atoms with Gasteiger partial charge in [0.1, 0.15) is 5.69 Å². The summed E-state index contributed by atoms with van der Waals surface area (Å²) in [4.78, 5) is 36.3. The van der Waals surface area contributed by atoms with Gasteiger partial charge in [-0.15, -0.1) is 11.3 Å². The lowest BCUT2D eigenvalue weighted by atomic mass is 10.1. The van der Waals surface area contributed by atoms with Crippen molar-refractivity contribution in [3.63, 3.8) is 0 Å². The minimum atomic E-state index is -0.384. The van der Waals surface area contributed by atoms with E-state index in [4.69, 9.17) is 0 Å². The minimum absolute atomic E-state index is 0.0652. The van der Waals surface area contributed by atoms with Gasteiger partial charge < -0.3 is 0 Å². The van der Waals surface area contributed by atoms with Crippen molar-refractivity contribution in [2.24, 2.45) is 0 Å². The third-order valence-electron chi connectivity index (χ3n) is 2.30. The lowest BCUT2D eigenvalue weighted by molar-refractivity contribution is 0.0885. The molecule has 92 valence electrons. The normalized spacial score (nSPS) is 10.3. The number of hydrogen-bond donors (Lipinski definition) is 0. The molecule has 18 heavy (non-hydrogen) atoms. The zero-order valence-corrected chi connectivity index (χ0v) is 10.8. The van der Waals surface area contributed by atoms with E-state index < -0.39 is 0 Å². The highest BCUT2D eigenvalue weighted by atomic mass is 32.1. The zero-order valence-electron chi connectivity index (χ0n) is 10.0. The van der Waals surface area contributed by atoms with E-state index >= 15 is 0 Å². The number of carbonyl (C=O) groups is 2. The van der Waals surface area contributed by atoms with Crippen molar-refractivity contribution in [1.29, 1.82) is 0 Å². The summed E-state index contributed by atoms with van der Waals surface area (Å²) in [5.41, 5.74) is 0.377. The van der Waals surface area contributed by atoms with E-state index in [1.165, 1.54) is 23.7 Å². The molecule has 2 aromatic heterocycles. The van der Waals surface area contributed by atoms with Crippen molar-refractivity contribution in [2.75, 3.05) is 0 Å². The van der Waals surface area contributed by atoms with Crippen LogP contribution in [0.1, 0.15) is 37.4 Å². The molecule has 0 N–H and O–H groups in total. The second kappa shape index (κ2) is 5.14. The van der Waals surface area contributed by atoms with Crippen LogP contribution in [0.4, 0.5) is 0 Å². The first kappa shape index (κ1) is 12.5. The van der Waals surface area contributed by atoms with Gasteiger partial charge in [0.2, 0.25) is 5.78 Å². The maximum absolute atomic E-state index is 11.9. The van der Waals surface area contributed by atoms with Gasteiger partial charge >= 0.3 is 0 Å². The van der Waals surface area contributed by atoms with E-state index in [0.717, 1.165) is 9.88 Å². The van der Waals surface area contributed by atoms with Crippen molar-refractivity contribution in [3.05, 3.63) is 39.9 Å². The van der Waals surface area contributed by atoms with Crippen LogP contribution in [0.5, 0.6) is 0 Å². The monoisotopic (exact) mass is 261 g/mol. The molecule has 6 heteroatoms. The SMILES string of the molecule is Cc1nc(C(=O)CC(=O)c2ncccn2)c(C)s1. The number of rotatable bonds is 4. The number of carbonyl (C=O) groups excluding carboxylic acids is 2.